The van der Waals surface area contributed by atoms with Crippen LogP contribution in [0.5, 0.6) is 11.5 Å². The van der Waals surface area contributed by atoms with Gasteiger partial charge >= 0.3 is 0 Å². The smallest absolute Gasteiger partial charge is 0.293 e. The first-order valence-corrected chi connectivity index (χ1v) is 8.41. The second-order valence-electron chi connectivity index (χ2n) is 6.27. The van der Waals surface area contributed by atoms with Crippen LogP contribution in [0.25, 0.3) is 0 Å². The number of nitrogens with one attached hydrogen (secondary N) is 2. The largest absolute Gasteiger partial charge is 0.493 e. The topological polar surface area (TPSA) is 95.1 Å². The van der Waals surface area contributed by atoms with Gasteiger partial charge in [-0.2, -0.15) is 0 Å². The number of rotatable bonds is 8. The molecule has 0 spiro atoms. The highest BCUT2D eigenvalue weighted by molar-refractivity contribution is 5.94. The number of likely N-dealkylation sites (N-methyl/N-ethyl adjacent to an activating group) is 1. The molecule has 0 saturated carbocycles. The van der Waals surface area contributed by atoms with Crippen molar-refractivity contribution in [3.8, 4) is 11.5 Å². The average Bonchev–Trinajstić information content (AvgIpc) is 2.62. The van der Waals surface area contributed by atoms with Crippen LogP contribution in [0.3, 0.4) is 0 Å². The van der Waals surface area contributed by atoms with Gasteiger partial charge in [-0.05, 0) is 30.7 Å². The Morgan fingerprint density at radius 2 is 1.89 bits per heavy atom. The van der Waals surface area contributed by atoms with E-state index in [2.05, 4.69) is 5.32 Å². The van der Waals surface area contributed by atoms with Crippen molar-refractivity contribution in [2.24, 2.45) is 0 Å². The average molecular weight is 374 g/mol. The van der Waals surface area contributed by atoms with Gasteiger partial charge in [0.2, 0.25) is 0 Å². The van der Waals surface area contributed by atoms with Crippen molar-refractivity contribution in [3.05, 3.63) is 57.6 Å². The fraction of sp³-hybridized carbons (Fsp3) is 0.316. The first-order valence-electron chi connectivity index (χ1n) is 8.41. The Kier molecular flexibility index (Phi) is 6.73. The molecule has 0 aliphatic heterocycles. The van der Waals surface area contributed by atoms with Gasteiger partial charge in [0.05, 0.1) is 26.2 Å². The van der Waals surface area contributed by atoms with E-state index in [-0.39, 0.29) is 23.8 Å². The molecule has 0 bridgehead atoms. The normalized spacial score (nSPS) is 11.6. The number of ether oxygens (including phenoxy) is 2. The highest BCUT2D eigenvalue weighted by Gasteiger charge is 2.19. The number of benzene rings is 2. The Labute approximate surface area is 157 Å². The standard InChI is InChI=1S/C19H23N3O5/c1-13-6-5-7-15(22(24)25)19(13)20-18(23)12-21(2)11-14-8-9-16(26-3)17(10-14)27-4/h5-10H,11-12H2,1-4H3,(H,20,23)/p+1. The zero-order valence-corrected chi connectivity index (χ0v) is 15.9. The molecule has 0 aromatic heterocycles. The van der Waals surface area contributed by atoms with Crippen molar-refractivity contribution in [3.63, 3.8) is 0 Å². The summed E-state index contributed by atoms with van der Waals surface area (Å²) in [6.07, 6.45) is 0. The van der Waals surface area contributed by atoms with Crippen molar-refractivity contribution < 1.29 is 24.1 Å². The molecule has 2 aromatic carbocycles. The van der Waals surface area contributed by atoms with E-state index in [0.717, 1.165) is 10.5 Å². The van der Waals surface area contributed by atoms with Crippen LogP contribution >= 0.6 is 0 Å². The number of amides is 1. The molecule has 8 heteroatoms. The number of nitrogens with zero attached hydrogens (tertiary/aromatic N) is 1. The molecule has 2 rings (SSSR count). The molecule has 8 nitrogen and oxygen atoms in total. The predicted molar refractivity (Wildman–Crippen MR) is 101 cm³/mol. The lowest BCUT2D eigenvalue weighted by Gasteiger charge is -2.16. The summed E-state index contributed by atoms with van der Waals surface area (Å²) < 4.78 is 10.5. The van der Waals surface area contributed by atoms with Crippen LogP contribution in [-0.2, 0) is 11.3 Å². The van der Waals surface area contributed by atoms with Crippen LogP contribution in [0.4, 0.5) is 11.4 Å². The quantitative estimate of drug-likeness (QED) is 0.540. The van der Waals surface area contributed by atoms with Crippen molar-refractivity contribution in [1.82, 2.24) is 0 Å². The van der Waals surface area contributed by atoms with E-state index in [1.165, 1.54) is 6.07 Å². The Balaban J connectivity index is 2.04. The number of quaternary nitrogens is 1. The van der Waals surface area contributed by atoms with E-state index in [9.17, 15) is 14.9 Å². The molecule has 0 aliphatic carbocycles. The van der Waals surface area contributed by atoms with E-state index in [4.69, 9.17) is 9.47 Å². The van der Waals surface area contributed by atoms with Crippen LogP contribution in [0.2, 0.25) is 0 Å². The van der Waals surface area contributed by atoms with Crippen LogP contribution in [0, 0.1) is 17.0 Å². The number of nitro benzene ring substituents is 1. The van der Waals surface area contributed by atoms with Crippen molar-refractivity contribution in [2.45, 2.75) is 13.5 Å². The summed E-state index contributed by atoms with van der Waals surface area (Å²) in [6, 6.07) is 10.3. The molecule has 2 aromatic rings. The number of para-hydroxylation sites is 1. The molecule has 1 unspecified atom stereocenters. The molecule has 0 saturated heterocycles. The van der Waals surface area contributed by atoms with Gasteiger partial charge in [0, 0.05) is 11.6 Å². The molecule has 2 N–H and O–H groups in total. The molecule has 0 radical (unpaired) electrons. The number of anilines is 1. The van der Waals surface area contributed by atoms with E-state index < -0.39 is 4.92 Å². The van der Waals surface area contributed by atoms with Gasteiger partial charge in [0.25, 0.3) is 11.6 Å². The summed E-state index contributed by atoms with van der Waals surface area (Å²) in [4.78, 5) is 24.0. The third-order valence-corrected chi connectivity index (χ3v) is 4.13. The van der Waals surface area contributed by atoms with Crippen molar-refractivity contribution in [2.75, 3.05) is 33.1 Å². The number of methoxy groups -OCH3 is 2. The van der Waals surface area contributed by atoms with E-state index in [1.54, 1.807) is 33.3 Å². The molecule has 144 valence electrons. The first-order chi connectivity index (χ1) is 12.8. The van der Waals surface area contributed by atoms with Crippen LogP contribution in [0.15, 0.2) is 36.4 Å². The second kappa shape index (κ2) is 9.00. The lowest BCUT2D eigenvalue weighted by atomic mass is 10.1. The zero-order valence-electron chi connectivity index (χ0n) is 15.9. The zero-order chi connectivity index (χ0) is 20.0. The maximum absolute atomic E-state index is 12.4. The maximum Gasteiger partial charge on any atom is 0.293 e. The summed E-state index contributed by atoms with van der Waals surface area (Å²) >= 11 is 0. The Morgan fingerprint density at radius 3 is 2.52 bits per heavy atom. The number of carbonyl (C=O) groups is 1. The number of aryl methyl sites for hydroxylation is 1. The minimum atomic E-state index is -0.497. The lowest BCUT2D eigenvalue weighted by Crippen LogP contribution is -3.08. The number of nitro groups is 1. The Bertz CT molecular complexity index is 838. The number of carbonyl (C=O) groups excluding carboxylic acids is 1. The molecular formula is C19H24N3O5+. The van der Waals surface area contributed by atoms with Gasteiger partial charge in [-0.3, -0.25) is 14.9 Å². The molecule has 1 amide bonds. The van der Waals surface area contributed by atoms with Gasteiger partial charge < -0.3 is 19.7 Å². The highest BCUT2D eigenvalue weighted by atomic mass is 16.6. The second-order valence-corrected chi connectivity index (χ2v) is 6.27. The molecule has 27 heavy (non-hydrogen) atoms. The first kappa shape index (κ1) is 20.2. The van der Waals surface area contributed by atoms with Crippen LogP contribution < -0.4 is 19.7 Å². The third kappa shape index (κ3) is 5.18. The summed E-state index contributed by atoms with van der Waals surface area (Å²) in [5, 5.41) is 13.8. The Hall–Kier alpha value is -3.13. The predicted octanol–water partition coefficient (Wildman–Crippen LogP) is 1.57. The van der Waals surface area contributed by atoms with Crippen LogP contribution in [0.1, 0.15) is 11.1 Å². The fourth-order valence-electron chi connectivity index (χ4n) is 2.83. The Morgan fingerprint density at radius 1 is 1.19 bits per heavy atom. The summed E-state index contributed by atoms with van der Waals surface area (Å²) in [6.45, 7) is 2.48. The SMILES string of the molecule is COc1ccc(C[NH+](C)CC(=O)Nc2c(C)cccc2[N+](=O)[O-])cc1OC. The molecule has 0 aliphatic rings. The van der Waals surface area contributed by atoms with E-state index in [1.807, 2.05) is 25.2 Å². The minimum absolute atomic E-state index is 0.110. The third-order valence-electron chi connectivity index (χ3n) is 4.13. The van der Waals surface area contributed by atoms with E-state index in [0.29, 0.717) is 23.6 Å². The molecule has 1 atom stereocenters. The fourth-order valence-corrected chi connectivity index (χ4v) is 2.83. The summed E-state index contributed by atoms with van der Waals surface area (Å²) in [5.41, 5.74) is 1.77. The van der Waals surface area contributed by atoms with Gasteiger partial charge in [-0.25, -0.2) is 0 Å². The minimum Gasteiger partial charge on any atom is -0.493 e. The molecule has 0 fully saturated rings. The molecular weight excluding hydrogens is 350 g/mol. The summed E-state index contributed by atoms with van der Waals surface area (Å²) in [5.74, 6) is 0.983. The highest BCUT2D eigenvalue weighted by Crippen LogP contribution is 2.28. The van der Waals surface area contributed by atoms with Crippen molar-refractivity contribution in [1.29, 1.82) is 0 Å². The van der Waals surface area contributed by atoms with Crippen molar-refractivity contribution >= 4 is 17.3 Å². The summed E-state index contributed by atoms with van der Waals surface area (Å²) in [7, 11) is 5.02. The van der Waals surface area contributed by atoms with Gasteiger partial charge in [-0.15, -0.1) is 0 Å². The van der Waals surface area contributed by atoms with Gasteiger partial charge in [0.1, 0.15) is 12.2 Å². The van der Waals surface area contributed by atoms with Crippen LogP contribution in [-0.4, -0.2) is 38.6 Å². The monoisotopic (exact) mass is 374 g/mol. The number of hydrogen-bond acceptors (Lipinski definition) is 5. The maximum atomic E-state index is 12.4. The number of hydrogen-bond donors (Lipinski definition) is 2. The van der Waals surface area contributed by atoms with E-state index >= 15 is 0 Å². The lowest BCUT2D eigenvalue weighted by molar-refractivity contribution is -0.885. The van der Waals surface area contributed by atoms with Gasteiger partial charge in [0.15, 0.2) is 18.0 Å². The molecule has 0 heterocycles. The van der Waals surface area contributed by atoms with Gasteiger partial charge in [-0.1, -0.05) is 12.1 Å².